The van der Waals surface area contributed by atoms with Gasteiger partial charge in [-0.25, -0.2) is 0 Å². The molecular formula is C23H22BrN3O5S. The molecule has 33 heavy (non-hydrogen) atoms. The van der Waals surface area contributed by atoms with Crippen molar-refractivity contribution in [2.75, 3.05) is 26.9 Å². The predicted octanol–water partition coefficient (Wildman–Crippen LogP) is 3.34. The van der Waals surface area contributed by atoms with E-state index < -0.39 is 11.8 Å². The van der Waals surface area contributed by atoms with Gasteiger partial charge in [0.25, 0.3) is 11.8 Å². The number of benzene rings is 3. The number of thiocarbonyl (C=S) groups is 1. The highest BCUT2D eigenvalue weighted by molar-refractivity contribution is 9.10. The van der Waals surface area contributed by atoms with Crippen LogP contribution in [0.2, 0.25) is 0 Å². The largest absolute Gasteiger partial charge is 0.490 e. The van der Waals surface area contributed by atoms with Gasteiger partial charge in [-0.1, -0.05) is 46.3 Å². The number of hydrogen-bond acceptors (Lipinski definition) is 6. The average molecular weight is 532 g/mol. The molecule has 0 aliphatic heterocycles. The zero-order valence-corrected chi connectivity index (χ0v) is 20.1. The first-order valence-electron chi connectivity index (χ1n) is 9.89. The lowest BCUT2D eigenvalue weighted by atomic mass is 10.1. The second-order valence-electron chi connectivity index (χ2n) is 6.74. The molecule has 0 aliphatic carbocycles. The van der Waals surface area contributed by atoms with Gasteiger partial charge in [0.1, 0.15) is 18.1 Å². The minimum Gasteiger partial charge on any atom is -0.490 e. The highest BCUT2D eigenvalue weighted by Crippen LogP contribution is 2.23. The number of nitrogens with one attached hydrogen (secondary N) is 3. The first kappa shape index (κ1) is 24.4. The van der Waals surface area contributed by atoms with Gasteiger partial charge in [0.2, 0.25) is 0 Å². The fourth-order valence-electron chi connectivity index (χ4n) is 2.81. The van der Waals surface area contributed by atoms with Gasteiger partial charge < -0.3 is 14.2 Å². The summed E-state index contributed by atoms with van der Waals surface area (Å²) in [5.74, 6) is -0.0209. The van der Waals surface area contributed by atoms with Crippen molar-refractivity contribution in [2.24, 2.45) is 0 Å². The van der Waals surface area contributed by atoms with Gasteiger partial charge in [0.05, 0.1) is 12.2 Å². The summed E-state index contributed by atoms with van der Waals surface area (Å²) in [5, 5.41) is 4.50. The second kappa shape index (κ2) is 12.1. The van der Waals surface area contributed by atoms with Crippen LogP contribution in [0.5, 0.6) is 11.5 Å². The van der Waals surface area contributed by atoms with Crippen molar-refractivity contribution in [1.82, 2.24) is 16.2 Å². The maximum atomic E-state index is 12.6. The summed E-state index contributed by atoms with van der Waals surface area (Å²) in [6.45, 7) is 0.434. The van der Waals surface area contributed by atoms with Crippen LogP contribution < -0.4 is 25.6 Å². The number of fused-ring (bicyclic) bond motifs is 1. The molecule has 3 aromatic rings. The molecule has 0 saturated carbocycles. The maximum absolute atomic E-state index is 12.6. The monoisotopic (exact) mass is 531 g/mol. The molecule has 0 saturated heterocycles. The number of ether oxygens (including phenoxy) is 3. The Kier molecular flexibility index (Phi) is 8.99. The van der Waals surface area contributed by atoms with Gasteiger partial charge in [-0.05, 0) is 53.3 Å². The lowest BCUT2D eigenvalue weighted by molar-refractivity contribution is -0.123. The molecule has 3 rings (SSSR count). The Balaban J connectivity index is 1.47. The summed E-state index contributed by atoms with van der Waals surface area (Å²) in [6.07, 6.45) is 0. The van der Waals surface area contributed by atoms with Crippen molar-refractivity contribution in [2.45, 2.75) is 0 Å². The molecule has 0 heterocycles. The molecule has 172 valence electrons. The highest BCUT2D eigenvalue weighted by Gasteiger charge is 2.15. The van der Waals surface area contributed by atoms with E-state index in [9.17, 15) is 9.59 Å². The SMILES string of the molecule is COCCOc1ccc(Br)cc1C(=O)NC(=S)NNC(=O)COc1ccc2ccccc2c1. The third-order valence-electron chi connectivity index (χ3n) is 4.36. The van der Waals surface area contributed by atoms with Crippen LogP contribution >= 0.6 is 28.1 Å². The lowest BCUT2D eigenvalue weighted by Gasteiger charge is -2.14. The number of rotatable bonds is 8. The molecule has 0 aliphatic rings. The van der Waals surface area contributed by atoms with Crippen LogP contribution in [0.15, 0.2) is 65.1 Å². The molecule has 0 spiro atoms. The zero-order valence-electron chi connectivity index (χ0n) is 17.7. The second-order valence-corrected chi connectivity index (χ2v) is 8.06. The van der Waals surface area contributed by atoms with Crippen LogP contribution in [0, 0.1) is 0 Å². The first-order chi connectivity index (χ1) is 16.0. The van der Waals surface area contributed by atoms with Crippen molar-refractivity contribution in [3.63, 3.8) is 0 Å². The lowest BCUT2D eigenvalue weighted by Crippen LogP contribution is -2.49. The van der Waals surface area contributed by atoms with E-state index in [1.165, 1.54) is 0 Å². The van der Waals surface area contributed by atoms with Crippen LogP contribution in [0.3, 0.4) is 0 Å². The molecule has 0 radical (unpaired) electrons. The van der Waals surface area contributed by atoms with E-state index in [0.29, 0.717) is 22.6 Å². The fourth-order valence-corrected chi connectivity index (χ4v) is 3.32. The molecule has 0 aromatic heterocycles. The van der Waals surface area contributed by atoms with E-state index in [1.54, 1.807) is 31.4 Å². The number of carbonyl (C=O) groups is 2. The fraction of sp³-hybridized carbons (Fsp3) is 0.174. The zero-order chi connectivity index (χ0) is 23.6. The van der Waals surface area contributed by atoms with Gasteiger partial charge in [-0.2, -0.15) is 0 Å². The number of amides is 2. The molecule has 3 N–H and O–H groups in total. The van der Waals surface area contributed by atoms with E-state index in [1.807, 2.05) is 36.4 Å². The number of halogens is 1. The summed E-state index contributed by atoms with van der Waals surface area (Å²) >= 11 is 8.42. The number of hydrogen-bond donors (Lipinski definition) is 3. The van der Waals surface area contributed by atoms with Crippen LogP contribution in [-0.2, 0) is 9.53 Å². The number of hydrazine groups is 1. The Morgan fingerprint density at radius 1 is 0.939 bits per heavy atom. The van der Waals surface area contributed by atoms with E-state index >= 15 is 0 Å². The summed E-state index contributed by atoms with van der Waals surface area (Å²) in [7, 11) is 1.56. The standard InChI is InChI=1S/C23H22BrN3O5S/c1-30-10-11-31-20-9-7-17(24)13-19(20)22(29)25-23(33)27-26-21(28)14-32-18-8-6-15-4-2-3-5-16(15)12-18/h2-9,12-13H,10-11,14H2,1H3,(H,26,28)(H2,25,27,29,33). The Hall–Kier alpha value is -3.21. The van der Waals surface area contributed by atoms with Crippen molar-refractivity contribution >= 4 is 55.8 Å². The first-order valence-corrected chi connectivity index (χ1v) is 11.1. The average Bonchev–Trinajstić information content (AvgIpc) is 2.82. The third-order valence-corrected chi connectivity index (χ3v) is 5.06. The topological polar surface area (TPSA) is 97.9 Å². The minimum atomic E-state index is -0.497. The molecule has 0 unspecified atom stereocenters. The van der Waals surface area contributed by atoms with Gasteiger partial charge in [0.15, 0.2) is 11.7 Å². The van der Waals surface area contributed by atoms with Crippen LogP contribution in [0.4, 0.5) is 0 Å². The van der Waals surface area contributed by atoms with Gasteiger partial charge in [0, 0.05) is 11.6 Å². The molecule has 0 atom stereocenters. The van der Waals surface area contributed by atoms with Crippen LogP contribution in [-0.4, -0.2) is 43.9 Å². The summed E-state index contributed by atoms with van der Waals surface area (Å²) in [4.78, 5) is 24.7. The maximum Gasteiger partial charge on any atom is 0.276 e. The Labute approximate surface area is 204 Å². The van der Waals surface area contributed by atoms with Gasteiger partial charge in [-0.3, -0.25) is 25.8 Å². The van der Waals surface area contributed by atoms with E-state index in [4.69, 9.17) is 26.4 Å². The summed E-state index contributed by atoms with van der Waals surface area (Å²) < 4.78 is 16.8. The molecule has 0 bridgehead atoms. The number of methoxy groups -OCH3 is 1. The highest BCUT2D eigenvalue weighted by atomic mass is 79.9. The van der Waals surface area contributed by atoms with E-state index in [-0.39, 0.29) is 23.9 Å². The Morgan fingerprint density at radius 2 is 1.73 bits per heavy atom. The normalized spacial score (nSPS) is 10.4. The van der Waals surface area contributed by atoms with Gasteiger partial charge in [-0.15, -0.1) is 0 Å². The van der Waals surface area contributed by atoms with Gasteiger partial charge >= 0.3 is 0 Å². The minimum absolute atomic E-state index is 0.0816. The molecule has 8 nitrogen and oxygen atoms in total. The smallest absolute Gasteiger partial charge is 0.276 e. The molecular weight excluding hydrogens is 510 g/mol. The van der Waals surface area contributed by atoms with Crippen molar-refractivity contribution in [1.29, 1.82) is 0 Å². The van der Waals surface area contributed by atoms with Crippen molar-refractivity contribution in [3.05, 3.63) is 70.7 Å². The quantitative estimate of drug-likeness (QED) is 0.233. The predicted molar refractivity (Wildman–Crippen MR) is 132 cm³/mol. The summed E-state index contributed by atoms with van der Waals surface area (Å²) in [5.41, 5.74) is 5.14. The van der Waals surface area contributed by atoms with Crippen molar-refractivity contribution < 1.29 is 23.8 Å². The Morgan fingerprint density at radius 3 is 2.52 bits per heavy atom. The number of carbonyl (C=O) groups excluding carboxylic acids is 2. The van der Waals surface area contributed by atoms with Crippen LogP contribution in [0.1, 0.15) is 10.4 Å². The Bertz CT molecular complexity index is 1160. The summed E-state index contributed by atoms with van der Waals surface area (Å²) in [6, 6.07) is 18.4. The van der Waals surface area contributed by atoms with Crippen LogP contribution in [0.25, 0.3) is 10.8 Å². The molecule has 10 heteroatoms. The van der Waals surface area contributed by atoms with Crippen molar-refractivity contribution in [3.8, 4) is 11.5 Å². The third kappa shape index (κ3) is 7.41. The van der Waals surface area contributed by atoms with E-state index in [2.05, 4.69) is 32.1 Å². The molecule has 0 fully saturated rings. The van der Waals surface area contributed by atoms with E-state index in [0.717, 1.165) is 10.8 Å². The molecule has 2 amide bonds. The molecule has 3 aromatic carbocycles.